The van der Waals surface area contributed by atoms with Gasteiger partial charge in [0.2, 0.25) is 11.0 Å². The number of nitrogens with one attached hydrogen (secondary N) is 2. The highest BCUT2D eigenvalue weighted by Gasteiger charge is 2.24. The van der Waals surface area contributed by atoms with Crippen molar-refractivity contribution in [2.45, 2.75) is 12.5 Å². The quantitative estimate of drug-likeness (QED) is 0.354. The van der Waals surface area contributed by atoms with Gasteiger partial charge in [-0.15, -0.1) is 10.2 Å². The van der Waals surface area contributed by atoms with Crippen LogP contribution in [0.4, 0.5) is 5.13 Å². The predicted octanol–water partition coefficient (Wildman–Crippen LogP) is 5.49. The van der Waals surface area contributed by atoms with E-state index in [0.29, 0.717) is 20.2 Å². The summed E-state index contributed by atoms with van der Waals surface area (Å²) in [6.07, 6.45) is 0.289. The lowest BCUT2D eigenvalue weighted by atomic mass is 10.0. The molecule has 4 rings (SSSR count). The van der Waals surface area contributed by atoms with Crippen molar-refractivity contribution in [3.05, 3.63) is 100 Å². The molecular formula is C24H18Cl2N4O2S. The molecule has 0 bridgehead atoms. The van der Waals surface area contributed by atoms with Crippen LogP contribution in [0, 0.1) is 0 Å². The topological polar surface area (TPSA) is 84.0 Å². The molecule has 1 aromatic heterocycles. The van der Waals surface area contributed by atoms with Crippen LogP contribution in [-0.4, -0.2) is 28.1 Å². The number of carbonyl (C=O) groups is 2. The van der Waals surface area contributed by atoms with Crippen LogP contribution in [-0.2, 0) is 11.2 Å². The summed E-state index contributed by atoms with van der Waals surface area (Å²) in [5, 5.41) is 15.5. The van der Waals surface area contributed by atoms with Gasteiger partial charge >= 0.3 is 0 Å². The molecule has 33 heavy (non-hydrogen) atoms. The van der Waals surface area contributed by atoms with Crippen LogP contribution in [0.1, 0.15) is 15.9 Å². The highest BCUT2D eigenvalue weighted by Crippen LogP contribution is 2.26. The molecule has 0 spiro atoms. The second kappa shape index (κ2) is 10.6. The summed E-state index contributed by atoms with van der Waals surface area (Å²) in [6.45, 7) is 0. The fourth-order valence-electron chi connectivity index (χ4n) is 3.15. The minimum Gasteiger partial charge on any atom is -0.340 e. The fraction of sp³-hybridized carbons (Fsp3) is 0.0833. The van der Waals surface area contributed by atoms with Crippen LogP contribution in [0.2, 0.25) is 10.0 Å². The van der Waals surface area contributed by atoms with E-state index in [2.05, 4.69) is 20.8 Å². The zero-order valence-corrected chi connectivity index (χ0v) is 19.5. The third-order valence-corrected chi connectivity index (χ3v) is 6.03. The smallest absolute Gasteiger partial charge is 0.252 e. The lowest BCUT2D eigenvalue weighted by Crippen LogP contribution is -2.45. The van der Waals surface area contributed by atoms with Gasteiger partial charge in [0.25, 0.3) is 5.91 Å². The molecule has 1 heterocycles. The lowest BCUT2D eigenvalue weighted by Gasteiger charge is -2.18. The first kappa shape index (κ1) is 22.9. The van der Waals surface area contributed by atoms with Crippen molar-refractivity contribution >= 4 is 51.5 Å². The van der Waals surface area contributed by atoms with Crippen molar-refractivity contribution in [1.29, 1.82) is 0 Å². The zero-order chi connectivity index (χ0) is 23.2. The Labute approximate surface area is 204 Å². The maximum atomic E-state index is 13.1. The summed E-state index contributed by atoms with van der Waals surface area (Å²) >= 11 is 13.3. The van der Waals surface area contributed by atoms with Crippen LogP contribution in [0.3, 0.4) is 0 Å². The van der Waals surface area contributed by atoms with Crippen molar-refractivity contribution in [2.24, 2.45) is 0 Å². The minimum absolute atomic E-state index is 0.264. The second-order valence-electron chi connectivity index (χ2n) is 7.14. The number of hydrogen-bond acceptors (Lipinski definition) is 5. The van der Waals surface area contributed by atoms with Crippen molar-refractivity contribution < 1.29 is 9.59 Å². The van der Waals surface area contributed by atoms with E-state index in [1.165, 1.54) is 29.5 Å². The van der Waals surface area contributed by atoms with Gasteiger partial charge in [-0.3, -0.25) is 14.9 Å². The van der Waals surface area contributed by atoms with Gasteiger partial charge in [-0.05, 0) is 23.8 Å². The average molecular weight is 497 g/mol. The summed E-state index contributed by atoms with van der Waals surface area (Å²) in [5.41, 5.74) is 2.06. The Balaban J connectivity index is 1.53. The fourth-order valence-corrected chi connectivity index (χ4v) is 4.43. The standard InChI is InChI=1S/C24H18Cl2N4O2S/c25-18-12-17(13-19(26)14-18)21(31)27-20(11-15-7-3-1-4-8-15)22(32)28-24-30-29-23(33-24)16-9-5-2-6-10-16/h1-10,12-14,20H,11H2,(H,27,31)(H,28,30,32)/t20-/m1/s1. The van der Waals surface area contributed by atoms with Crippen molar-refractivity contribution in [2.75, 3.05) is 5.32 Å². The van der Waals surface area contributed by atoms with Crippen LogP contribution < -0.4 is 10.6 Å². The Morgan fingerprint density at radius 2 is 1.52 bits per heavy atom. The molecule has 0 unspecified atom stereocenters. The third-order valence-electron chi connectivity index (χ3n) is 4.71. The molecule has 4 aromatic rings. The number of anilines is 1. The Hall–Kier alpha value is -3.26. The van der Waals surface area contributed by atoms with Crippen molar-refractivity contribution in [3.8, 4) is 10.6 Å². The SMILES string of the molecule is O=C(N[C@H](Cc1ccccc1)C(=O)Nc1nnc(-c2ccccc2)s1)c1cc(Cl)cc(Cl)c1. The number of halogens is 2. The molecule has 2 N–H and O–H groups in total. The molecule has 0 aliphatic carbocycles. The maximum Gasteiger partial charge on any atom is 0.252 e. The number of amides is 2. The number of hydrogen-bond donors (Lipinski definition) is 2. The van der Waals surface area contributed by atoms with Gasteiger partial charge in [-0.1, -0.05) is 95.2 Å². The van der Waals surface area contributed by atoms with E-state index in [-0.39, 0.29) is 12.0 Å². The van der Waals surface area contributed by atoms with E-state index in [9.17, 15) is 9.59 Å². The zero-order valence-electron chi connectivity index (χ0n) is 17.2. The third kappa shape index (κ3) is 6.16. The summed E-state index contributed by atoms with van der Waals surface area (Å²) in [4.78, 5) is 26.0. The van der Waals surface area contributed by atoms with Gasteiger partial charge < -0.3 is 5.32 Å². The summed E-state index contributed by atoms with van der Waals surface area (Å²) in [5.74, 6) is -0.867. The van der Waals surface area contributed by atoms with E-state index in [1.54, 1.807) is 0 Å². The second-order valence-corrected chi connectivity index (χ2v) is 8.99. The first-order valence-corrected chi connectivity index (χ1v) is 11.6. The van der Waals surface area contributed by atoms with Gasteiger partial charge in [0.15, 0.2) is 0 Å². The van der Waals surface area contributed by atoms with E-state index in [0.717, 1.165) is 11.1 Å². The summed E-state index contributed by atoms with van der Waals surface area (Å²) in [6, 6.07) is 22.6. The van der Waals surface area contributed by atoms with E-state index in [4.69, 9.17) is 23.2 Å². The Morgan fingerprint density at radius 3 is 2.18 bits per heavy atom. The number of rotatable bonds is 7. The number of nitrogens with zero attached hydrogens (tertiary/aromatic N) is 2. The molecule has 1 atom stereocenters. The van der Waals surface area contributed by atoms with Gasteiger partial charge in [-0.2, -0.15) is 0 Å². The van der Waals surface area contributed by atoms with Crippen molar-refractivity contribution in [3.63, 3.8) is 0 Å². The molecule has 0 aliphatic rings. The Bertz CT molecular complexity index is 1250. The Morgan fingerprint density at radius 1 is 0.879 bits per heavy atom. The molecule has 9 heteroatoms. The molecule has 0 fully saturated rings. The van der Waals surface area contributed by atoms with Crippen LogP contribution >= 0.6 is 34.5 Å². The molecule has 166 valence electrons. The van der Waals surface area contributed by atoms with Gasteiger partial charge in [-0.25, -0.2) is 0 Å². The molecule has 0 saturated carbocycles. The van der Waals surface area contributed by atoms with Crippen LogP contribution in [0.15, 0.2) is 78.9 Å². The maximum absolute atomic E-state index is 13.1. The number of benzene rings is 3. The highest BCUT2D eigenvalue weighted by atomic mass is 35.5. The monoisotopic (exact) mass is 496 g/mol. The normalized spacial score (nSPS) is 11.6. The first-order valence-electron chi connectivity index (χ1n) is 9.98. The van der Waals surface area contributed by atoms with Gasteiger partial charge in [0, 0.05) is 27.6 Å². The van der Waals surface area contributed by atoms with Gasteiger partial charge in [0.05, 0.1) is 0 Å². The van der Waals surface area contributed by atoms with Gasteiger partial charge in [0.1, 0.15) is 11.0 Å². The molecule has 3 aromatic carbocycles. The van der Waals surface area contributed by atoms with E-state index < -0.39 is 17.9 Å². The molecule has 0 saturated heterocycles. The van der Waals surface area contributed by atoms with Crippen LogP contribution in [0.5, 0.6) is 0 Å². The summed E-state index contributed by atoms with van der Waals surface area (Å²) in [7, 11) is 0. The average Bonchev–Trinajstić information content (AvgIpc) is 3.27. The minimum atomic E-state index is -0.860. The molecule has 0 aliphatic heterocycles. The molecule has 0 radical (unpaired) electrons. The highest BCUT2D eigenvalue weighted by molar-refractivity contribution is 7.18. The Kier molecular flexibility index (Phi) is 7.34. The van der Waals surface area contributed by atoms with Crippen LogP contribution in [0.25, 0.3) is 10.6 Å². The first-order chi connectivity index (χ1) is 16.0. The predicted molar refractivity (Wildman–Crippen MR) is 132 cm³/mol. The molecule has 2 amide bonds. The molecule has 6 nitrogen and oxygen atoms in total. The van der Waals surface area contributed by atoms with E-state index >= 15 is 0 Å². The number of aromatic nitrogens is 2. The molecular weight excluding hydrogens is 479 g/mol. The lowest BCUT2D eigenvalue weighted by molar-refractivity contribution is -0.118. The largest absolute Gasteiger partial charge is 0.340 e. The summed E-state index contributed by atoms with van der Waals surface area (Å²) < 4.78 is 0. The van der Waals surface area contributed by atoms with Crippen molar-refractivity contribution in [1.82, 2.24) is 15.5 Å². The number of carbonyl (C=O) groups excluding carboxylic acids is 2. The van der Waals surface area contributed by atoms with E-state index in [1.807, 2.05) is 60.7 Å².